The first-order valence-electron chi connectivity index (χ1n) is 6.41. The number of aryl methyl sites for hydroxylation is 1. The van der Waals surface area contributed by atoms with Crippen molar-refractivity contribution in [1.82, 2.24) is 5.32 Å². The summed E-state index contributed by atoms with van der Waals surface area (Å²) in [5, 5.41) is 6.40. The molecule has 2 atom stereocenters. The van der Waals surface area contributed by atoms with E-state index >= 15 is 0 Å². The summed E-state index contributed by atoms with van der Waals surface area (Å²) in [6.07, 6.45) is 0.909. The molecule has 1 aromatic rings. The molecule has 1 saturated heterocycles. The van der Waals surface area contributed by atoms with Gasteiger partial charge in [0.1, 0.15) is 5.75 Å². The largest absolute Gasteiger partial charge is 0.495 e. The van der Waals surface area contributed by atoms with Crippen LogP contribution >= 0.6 is 0 Å². The molecule has 2 aliphatic heterocycles. The number of piperidine rings is 1. The number of hydrogen-bond donors (Lipinski definition) is 2. The van der Waals surface area contributed by atoms with Crippen molar-refractivity contribution in [2.24, 2.45) is 5.92 Å². The van der Waals surface area contributed by atoms with E-state index in [9.17, 15) is 4.79 Å². The van der Waals surface area contributed by atoms with Gasteiger partial charge in [-0.05, 0) is 37.1 Å². The third kappa shape index (κ3) is 1.68. The molecule has 0 radical (unpaired) electrons. The second-order valence-electron chi connectivity index (χ2n) is 5.13. The van der Waals surface area contributed by atoms with E-state index in [-0.39, 0.29) is 17.7 Å². The lowest BCUT2D eigenvalue weighted by Crippen LogP contribution is -2.44. The Morgan fingerprint density at radius 3 is 2.94 bits per heavy atom. The van der Waals surface area contributed by atoms with E-state index in [0.29, 0.717) is 0 Å². The van der Waals surface area contributed by atoms with E-state index in [1.807, 2.05) is 6.07 Å². The van der Waals surface area contributed by atoms with Gasteiger partial charge in [0.05, 0.1) is 12.8 Å². The van der Waals surface area contributed by atoms with Crippen LogP contribution in [0.1, 0.15) is 23.5 Å². The van der Waals surface area contributed by atoms with Crippen LogP contribution in [0.15, 0.2) is 12.1 Å². The highest BCUT2D eigenvalue weighted by molar-refractivity contribution is 5.98. The van der Waals surface area contributed by atoms with Gasteiger partial charge in [-0.15, -0.1) is 0 Å². The lowest BCUT2D eigenvalue weighted by Gasteiger charge is -2.37. The molecule has 4 nitrogen and oxygen atoms in total. The fourth-order valence-corrected chi connectivity index (χ4v) is 3.08. The summed E-state index contributed by atoms with van der Waals surface area (Å²) in [7, 11) is 1.65. The highest BCUT2D eigenvalue weighted by atomic mass is 16.5. The summed E-state index contributed by atoms with van der Waals surface area (Å²) in [6, 6.07) is 4.14. The molecule has 18 heavy (non-hydrogen) atoms. The van der Waals surface area contributed by atoms with Crippen molar-refractivity contribution in [3.63, 3.8) is 0 Å². The van der Waals surface area contributed by atoms with Crippen molar-refractivity contribution in [2.45, 2.75) is 19.3 Å². The molecule has 4 heteroatoms. The minimum absolute atomic E-state index is 0.102. The number of methoxy groups -OCH3 is 1. The number of ether oxygens (including phenoxy) is 1. The number of rotatable bonds is 1. The molecule has 3 rings (SSSR count). The van der Waals surface area contributed by atoms with E-state index in [4.69, 9.17) is 4.74 Å². The fourth-order valence-electron chi connectivity index (χ4n) is 3.08. The van der Waals surface area contributed by atoms with Crippen molar-refractivity contribution in [1.29, 1.82) is 0 Å². The SMILES string of the molecule is COc1cc(C)cc2c1NC(=O)C1CCNCC21. The monoisotopic (exact) mass is 246 g/mol. The second kappa shape index (κ2) is 4.28. The van der Waals surface area contributed by atoms with Gasteiger partial charge in [-0.3, -0.25) is 4.79 Å². The number of benzene rings is 1. The molecule has 1 fully saturated rings. The molecule has 1 amide bonds. The summed E-state index contributed by atoms with van der Waals surface area (Å²) in [4.78, 5) is 12.1. The van der Waals surface area contributed by atoms with Gasteiger partial charge in [0.25, 0.3) is 0 Å². The van der Waals surface area contributed by atoms with E-state index in [2.05, 4.69) is 23.6 Å². The van der Waals surface area contributed by atoms with Crippen LogP contribution in [0, 0.1) is 12.8 Å². The maximum atomic E-state index is 12.1. The Kier molecular flexibility index (Phi) is 2.74. The van der Waals surface area contributed by atoms with E-state index in [1.54, 1.807) is 7.11 Å². The maximum Gasteiger partial charge on any atom is 0.228 e. The zero-order chi connectivity index (χ0) is 12.7. The van der Waals surface area contributed by atoms with Crippen molar-refractivity contribution < 1.29 is 9.53 Å². The minimum Gasteiger partial charge on any atom is -0.495 e. The van der Waals surface area contributed by atoms with Crippen molar-refractivity contribution in [3.8, 4) is 5.75 Å². The first kappa shape index (κ1) is 11.5. The molecule has 0 saturated carbocycles. The van der Waals surface area contributed by atoms with Gasteiger partial charge in [-0.25, -0.2) is 0 Å². The number of carbonyl (C=O) groups is 1. The van der Waals surface area contributed by atoms with Crippen LogP contribution in [0.2, 0.25) is 0 Å². The number of fused-ring (bicyclic) bond motifs is 3. The molecule has 2 unspecified atom stereocenters. The molecule has 2 aliphatic rings. The van der Waals surface area contributed by atoms with Crippen LogP contribution in [-0.4, -0.2) is 26.1 Å². The summed E-state index contributed by atoms with van der Waals surface area (Å²) in [5.41, 5.74) is 3.24. The summed E-state index contributed by atoms with van der Waals surface area (Å²) < 4.78 is 5.39. The molecule has 96 valence electrons. The third-order valence-corrected chi connectivity index (χ3v) is 3.96. The van der Waals surface area contributed by atoms with Crippen LogP contribution in [0.4, 0.5) is 5.69 Å². The van der Waals surface area contributed by atoms with Crippen LogP contribution in [0.25, 0.3) is 0 Å². The third-order valence-electron chi connectivity index (χ3n) is 3.96. The molecule has 0 bridgehead atoms. The lowest BCUT2D eigenvalue weighted by atomic mass is 9.77. The van der Waals surface area contributed by atoms with Gasteiger partial charge in [0.2, 0.25) is 5.91 Å². The fraction of sp³-hybridized carbons (Fsp3) is 0.500. The summed E-state index contributed by atoms with van der Waals surface area (Å²) in [6.45, 7) is 3.86. The standard InChI is InChI=1S/C14H18N2O2/c1-8-5-10-11-7-15-4-3-9(11)14(17)16-13(10)12(6-8)18-2/h5-6,9,11,15H,3-4,7H2,1-2H3,(H,16,17). The predicted octanol–water partition coefficient (Wildman–Crippen LogP) is 1.65. The molecule has 2 heterocycles. The quantitative estimate of drug-likeness (QED) is 0.792. The average molecular weight is 246 g/mol. The Bertz CT molecular complexity index is 499. The average Bonchev–Trinajstić information content (AvgIpc) is 2.39. The van der Waals surface area contributed by atoms with Gasteiger partial charge in [0, 0.05) is 18.4 Å². The van der Waals surface area contributed by atoms with Gasteiger partial charge in [-0.1, -0.05) is 6.07 Å². The highest BCUT2D eigenvalue weighted by Crippen LogP contribution is 2.43. The number of anilines is 1. The smallest absolute Gasteiger partial charge is 0.228 e. The maximum absolute atomic E-state index is 12.1. The Hall–Kier alpha value is -1.55. The van der Waals surface area contributed by atoms with Crippen molar-refractivity contribution >= 4 is 11.6 Å². The minimum atomic E-state index is 0.102. The van der Waals surface area contributed by atoms with Gasteiger partial charge in [0.15, 0.2) is 0 Å². The van der Waals surface area contributed by atoms with Crippen molar-refractivity contribution in [2.75, 3.05) is 25.5 Å². The number of nitrogens with one attached hydrogen (secondary N) is 2. The highest BCUT2D eigenvalue weighted by Gasteiger charge is 2.38. The zero-order valence-electron chi connectivity index (χ0n) is 10.7. The molecular formula is C14H18N2O2. The summed E-state index contributed by atoms with van der Waals surface area (Å²) >= 11 is 0. The van der Waals surface area contributed by atoms with Crippen LogP contribution < -0.4 is 15.4 Å². The second-order valence-corrected chi connectivity index (χ2v) is 5.13. The van der Waals surface area contributed by atoms with E-state index in [0.717, 1.165) is 30.9 Å². The van der Waals surface area contributed by atoms with Gasteiger partial charge < -0.3 is 15.4 Å². The van der Waals surface area contributed by atoms with Gasteiger partial charge in [-0.2, -0.15) is 0 Å². The molecule has 0 aliphatic carbocycles. The Labute approximate surface area is 107 Å². The predicted molar refractivity (Wildman–Crippen MR) is 70.1 cm³/mol. The topological polar surface area (TPSA) is 50.4 Å². The Morgan fingerprint density at radius 1 is 1.33 bits per heavy atom. The van der Waals surface area contributed by atoms with Crippen LogP contribution in [0.5, 0.6) is 5.75 Å². The summed E-state index contributed by atoms with van der Waals surface area (Å²) in [5.74, 6) is 1.28. The normalized spacial score (nSPS) is 26.0. The number of hydrogen-bond acceptors (Lipinski definition) is 3. The first-order chi connectivity index (χ1) is 8.70. The van der Waals surface area contributed by atoms with E-state index in [1.165, 1.54) is 11.1 Å². The van der Waals surface area contributed by atoms with Crippen molar-refractivity contribution in [3.05, 3.63) is 23.3 Å². The molecule has 0 aromatic heterocycles. The molecule has 1 aromatic carbocycles. The van der Waals surface area contributed by atoms with E-state index < -0.39 is 0 Å². The van der Waals surface area contributed by atoms with Crippen LogP contribution in [-0.2, 0) is 4.79 Å². The number of amides is 1. The zero-order valence-corrected chi connectivity index (χ0v) is 10.7. The molecule has 0 spiro atoms. The Balaban J connectivity index is 2.12. The first-order valence-corrected chi connectivity index (χ1v) is 6.41. The number of carbonyl (C=O) groups excluding carboxylic acids is 1. The van der Waals surface area contributed by atoms with Crippen LogP contribution in [0.3, 0.4) is 0 Å². The molecular weight excluding hydrogens is 228 g/mol. The molecule has 2 N–H and O–H groups in total. The lowest BCUT2D eigenvalue weighted by molar-refractivity contribution is -0.121. The van der Waals surface area contributed by atoms with Gasteiger partial charge >= 0.3 is 0 Å². The Morgan fingerprint density at radius 2 is 2.17 bits per heavy atom.